The average Bonchev–Trinajstić information content (AvgIpc) is 3.12. The van der Waals surface area contributed by atoms with Crippen LogP contribution in [-0.4, -0.2) is 60.8 Å². The van der Waals surface area contributed by atoms with Gasteiger partial charge in [0.2, 0.25) is 5.91 Å². The highest BCUT2D eigenvalue weighted by Crippen LogP contribution is 2.23. The molecule has 1 aromatic carbocycles. The SMILES string of the molecule is O=C1CNC[C@H](Cc2ccccc2)N1C[C@H](O)CNCC1CCCC1. The summed E-state index contributed by atoms with van der Waals surface area (Å²) in [6, 6.07) is 10.4. The van der Waals surface area contributed by atoms with Crippen molar-refractivity contribution in [2.45, 2.75) is 44.2 Å². The van der Waals surface area contributed by atoms with Gasteiger partial charge in [-0.1, -0.05) is 43.2 Å². The average molecular weight is 345 g/mol. The van der Waals surface area contributed by atoms with Crippen LogP contribution < -0.4 is 10.6 Å². The molecule has 1 saturated carbocycles. The van der Waals surface area contributed by atoms with Gasteiger partial charge in [0.15, 0.2) is 0 Å². The van der Waals surface area contributed by atoms with Gasteiger partial charge < -0.3 is 20.6 Å². The smallest absolute Gasteiger partial charge is 0.236 e. The van der Waals surface area contributed by atoms with Gasteiger partial charge in [0.25, 0.3) is 0 Å². The summed E-state index contributed by atoms with van der Waals surface area (Å²) < 4.78 is 0. The Labute approximate surface area is 150 Å². The Balaban J connectivity index is 1.48. The zero-order valence-corrected chi connectivity index (χ0v) is 15.0. The second-order valence-corrected chi connectivity index (χ2v) is 7.48. The molecule has 5 heteroatoms. The fourth-order valence-corrected chi connectivity index (χ4v) is 4.04. The van der Waals surface area contributed by atoms with Crippen LogP contribution in [0.3, 0.4) is 0 Å². The molecular formula is C20H31N3O2. The van der Waals surface area contributed by atoms with Crippen LogP contribution in [-0.2, 0) is 11.2 Å². The molecule has 2 aliphatic rings. The van der Waals surface area contributed by atoms with Crippen molar-refractivity contribution in [2.75, 3.05) is 32.7 Å². The molecule has 25 heavy (non-hydrogen) atoms. The number of carbonyl (C=O) groups excluding carboxylic acids is 1. The van der Waals surface area contributed by atoms with Crippen LogP contribution in [0.5, 0.6) is 0 Å². The van der Waals surface area contributed by atoms with Crippen LogP contribution in [0, 0.1) is 5.92 Å². The lowest BCUT2D eigenvalue weighted by Crippen LogP contribution is -2.58. The lowest BCUT2D eigenvalue weighted by molar-refractivity contribution is -0.136. The highest BCUT2D eigenvalue weighted by Gasteiger charge is 2.29. The molecule has 0 unspecified atom stereocenters. The second kappa shape index (κ2) is 9.32. The number of amides is 1. The van der Waals surface area contributed by atoms with Crippen molar-refractivity contribution in [1.82, 2.24) is 15.5 Å². The van der Waals surface area contributed by atoms with E-state index in [4.69, 9.17) is 0 Å². The number of nitrogens with one attached hydrogen (secondary N) is 2. The molecule has 3 rings (SSSR count). The van der Waals surface area contributed by atoms with Crippen LogP contribution in [0.4, 0.5) is 0 Å². The van der Waals surface area contributed by atoms with Gasteiger partial charge in [0, 0.05) is 25.7 Å². The predicted molar refractivity (Wildman–Crippen MR) is 99.4 cm³/mol. The van der Waals surface area contributed by atoms with E-state index < -0.39 is 6.10 Å². The molecule has 0 bridgehead atoms. The van der Waals surface area contributed by atoms with Gasteiger partial charge in [-0.15, -0.1) is 0 Å². The Morgan fingerprint density at radius 3 is 2.76 bits per heavy atom. The molecule has 1 aliphatic carbocycles. The number of rotatable bonds is 8. The Kier molecular flexibility index (Phi) is 6.84. The van der Waals surface area contributed by atoms with Gasteiger partial charge in [-0.25, -0.2) is 0 Å². The number of nitrogens with zero attached hydrogens (tertiary/aromatic N) is 1. The third-order valence-corrected chi connectivity index (χ3v) is 5.43. The highest BCUT2D eigenvalue weighted by molar-refractivity contribution is 5.79. The maximum absolute atomic E-state index is 12.3. The molecule has 138 valence electrons. The van der Waals surface area contributed by atoms with E-state index in [1.807, 2.05) is 23.1 Å². The largest absolute Gasteiger partial charge is 0.390 e. The lowest BCUT2D eigenvalue weighted by atomic mass is 10.0. The van der Waals surface area contributed by atoms with Crippen LogP contribution in [0.25, 0.3) is 0 Å². The summed E-state index contributed by atoms with van der Waals surface area (Å²) in [5, 5.41) is 17.0. The first kappa shape index (κ1) is 18.4. The van der Waals surface area contributed by atoms with E-state index in [1.54, 1.807) is 0 Å². The molecule has 5 nitrogen and oxygen atoms in total. The fourth-order valence-electron chi connectivity index (χ4n) is 4.04. The molecule has 1 aromatic rings. The van der Waals surface area contributed by atoms with Crippen LogP contribution >= 0.6 is 0 Å². The third kappa shape index (κ3) is 5.53. The standard InChI is InChI=1S/C20H31N3O2/c24-19(13-21-11-17-8-4-5-9-17)15-23-18(12-22-14-20(23)25)10-16-6-2-1-3-7-16/h1-3,6-7,17-19,21-22,24H,4-5,8-15H2/t18-,19+/m0/s1. The summed E-state index contributed by atoms with van der Waals surface area (Å²) in [7, 11) is 0. The van der Waals surface area contributed by atoms with E-state index in [-0.39, 0.29) is 11.9 Å². The van der Waals surface area contributed by atoms with Crippen molar-refractivity contribution in [3.63, 3.8) is 0 Å². The zero-order valence-electron chi connectivity index (χ0n) is 15.0. The first-order valence-electron chi connectivity index (χ1n) is 9.65. The van der Waals surface area contributed by atoms with Gasteiger partial charge in [0.05, 0.1) is 12.6 Å². The van der Waals surface area contributed by atoms with Crippen LogP contribution in [0.15, 0.2) is 30.3 Å². The monoisotopic (exact) mass is 345 g/mol. The number of hydrogen-bond donors (Lipinski definition) is 3. The van der Waals surface area contributed by atoms with Gasteiger partial charge in [0.1, 0.15) is 0 Å². The number of hydrogen-bond acceptors (Lipinski definition) is 4. The van der Waals surface area contributed by atoms with Crippen LogP contribution in [0.1, 0.15) is 31.2 Å². The maximum Gasteiger partial charge on any atom is 0.236 e. The molecule has 3 N–H and O–H groups in total. The molecule has 0 aromatic heterocycles. The van der Waals surface area contributed by atoms with Gasteiger partial charge in [-0.05, 0) is 37.3 Å². The number of benzene rings is 1. The van der Waals surface area contributed by atoms with Crippen LogP contribution in [0.2, 0.25) is 0 Å². The number of aliphatic hydroxyl groups excluding tert-OH is 1. The fraction of sp³-hybridized carbons (Fsp3) is 0.650. The van der Waals surface area contributed by atoms with E-state index in [0.29, 0.717) is 19.6 Å². The number of aliphatic hydroxyl groups is 1. The van der Waals surface area contributed by atoms with E-state index >= 15 is 0 Å². The first-order valence-corrected chi connectivity index (χ1v) is 9.65. The molecule has 2 atom stereocenters. The zero-order chi connectivity index (χ0) is 17.5. The summed E-state index contributed by atoms with van der Waals surface area (Å²) in [5.74, 6) is 0.848. The first-order chi connectivity index (χ1) is 12.2. The number of β-amino-alcohol motifs (C(OH)–C–C–N with tert-alkyl or cyclic N) is 1. The summed E-state index contributed by atoms with van der Waals surface area (Å²) in [5.41, 5.74) is 1.22. The normalized spacial score (nSPS) is 23.2. The highest BCUT2D eigenvalue weighted by atomic mass is 16.3. The van der Waals surface area contributed by atoms with Crippen molar-refractivity contribution in [3.05, 3.63) is 35.9 Å². The van der Waals surface area contributed by atoms with Crippen molar-refractivity contribution < 1.29 is 9.90 Å². The predicted octanol–water partition coefficient (Wildman–Crippen LogP) is 1.17. The minimum Gasteiger partial charge on any atom is -0.390 e. The number of carbonyl (C=O) groups is 1. The van der Waals surface area contributed by atoms with E-state index in [0.717, 1.165) is 25.4 Å². The molecule has 1 heterocycles. The minimum absolute atomic E-state index is 0.0852. The van der Waals surface area contributed by atoms with Gasteiger partial charge in [-0.3, -0.25) is 4.79 Å². The van der Waals surface area contributed by atoms with Gasteiger partial charge in [-0.2, -0.15) is 0 Å². The maximum atomic E-state index is 12.3. The third-order valence-electron chi connectivity index (χ3n) is 5.43. The quantitative estimate of drug-likeness (QED) is 0.662. The van der Waals surface area contributed by atoms with E-state index in [9.17, 15) is 9.90 Å². The Hall–Kier alpha value is -1.43. The molecule has 1 saturated heterocycles. The summed E-state index contributed by atoms with van der Waals surface area (Å²) >= 11 is 0. The van der Waals surface area contributed by atoms with E-state index in [1.165, 1.54) is 31.2 Å². The summed E-state index contributed by atoms with van der Waals surface area (Å²) in [4.78, 5) is 14.2. The minimum atomic E-state index is -0.512. The van der Waals surface area contributed by atoms with Gasteiger partial charge >= 0.3 is 0 Å². The van der Waals surface area contributed by atoms with Crippen molar-refractivity contribution in [2.24, 2.45) is 5.92 Å². The Morgan fingerprint density at radius 1 is 1.24 bits per heavy atom. The van der Waals surface area contributed by atoms with Crippen molar-refractivity contribution in [1.29, 1.82) is 0 Å². The summed E-state index contributed by atoms with van der Waals surface area (Å²) in [6.45, 7) is 3.11. The Bertz CT molecular complexity index is 531. The molecule has 1 amide bonds. The van der Waals surface area contributed by atoms with Crippen molar-refractivity contribution >= 4 is 5.91 Å². The van der Waals surface area contributed by atoms with E-state index in [2.05, 4.69) is 22.8 Å². The number of piperazine rings is 1. The molecule has 0 spiro atoms. The molecule has 0 radical (unpaired) electrons. The topological polar surface area (TPSA) is 64.6 Å². The lowest BCUT2D eigenvalue weighted by Gasteiger charge is -2.37. The summed E-state index contributed by atoms with van der Waals surface area (Å²) in [6.07, 6.45) is 5.59. The Morgan fingerprint density at radius 2 is 2.00 bits per heavy atom. The molecule has 1 aliphatic heterocycles. The molecular weight excluding hydrogens is 314 g/mol. The van der Waals surface area contributed by atoms with Crippen molar-refractivity contribution in [3.8, 4) is 0 Å². The molecule has 2 fully saturated rings. The second-order valence-electron chi connectivity index (χ2n) is 7.48.